The fraction of sp³-hybridized carbons (Fsp3) is 0.538. The molecule has 3 rings (SSSR count). The first kappa shape index (κ1) is 22.6. The molecule has 2 aliphatic rings. The average Bonchev–Trinajstić information content (AvgIpc) is 2.85. The summed E-state index contributed by atoms with van der Waals surface area (Å²) < 4.78 is 0. The van der Waals surface area contributed by atoms with Crippen LogP contribution < -0.4 is 0 Å². The van der Waals surface area contributed by atoms with E-state index in [9.17, 15) is 19.8 Å². The summed E-state index contributed by atoms with van der Waals surface area (Å²) in [6.45, 7) is 12.7. The Morgan fingerprint density at radius 1 is 0.933 bits per heavy atom. The highest BCUT2D eigenvalue weighted by molar-refractivity contribution is 6.01. The van der Waals surface area contributed by atoms with E-state index in [1.165, 1.54) is 19.4 Å². The Morgan fingerprint density at radius 3 is 2.00 bits per heavy atom. The zero-order valence-corrected chi connectivity index (χ0v) is 19.2. The fourth-order valence-corrected chi connectivity index (χ4v) is 5.15. The van der Waals surface area contributed by atoms with Crippen molar-refractivity contribution in [2.75, 3.05) is 0 Å². The highest BCUT2D eigenvalue weighted by Crippen LogP contribution is 2.59. The van der Waals surface area contributed by atoms with E-state index in [0.29, 0.717) is 12.0 Å². The van der Waals surface area contributed by atoms with E-state index in [4.69, 9.17) is 0 Å². The minimum absolute atomic E-state index is 0.0368. The number of aliphatic hydroxyl groups is 2. The maximum atomic E-state index is 12.7. The SMILES string of the molecule is CC(C)(O)C(=O)c1ccc(C2(C)CC(C)(C)C3=CCC(C(=O)C(C)(C)O)C=C32)cc1. The molecule has 1 aromatic carbocycles. The Bertz CT molecular complexity index is 933. The molecule has 2 unspecified atom stereocenters. The minimum Gasteiger partial charge on any atom is -0.383 e. The van der Waals surface area contributed by atoms with Crippen LogP contribution in [-0.2, 0) is 10.2 Å². The summed E-state index contributed by atoms with van der Waals surface area (Å²) >= 11 is 0. The second-order valence-electron chi connectivity index (χ2n) is 10.8. The molecule has 0 bridgehead atoms. The van der Waals surface area contributed by atoms with Crippen LogP contribution in [0.3, 0.4) is 0 Å². The molecule has 2 aliphatic carbocycles. The molecule has 1 fully saturated rings. The second kappa shape index (κ2) is 7.00. The molecule has 2 N–H and O–H groups in total. The highest BCUT2D eigenvalue weighted by atomic mass is 16.3. The Morgan fingerprint density at radius 2 is 1.50 bits per heavy atom. The van der Waals surface area contributed by atoms with Crippen LogP contribution in [0.15, 0.2) is 47.6 Å². The molecular weight excluding hydrogens is 376 g/mol. The fourth-order valence-electron chi connectivity index (χ4n) is 5.15. The molecule has 0 radical (unpaired) electrons. The van der Waals surface area contributed by atoms with Crippen molar-refractivity contribution in [2.45, 2.75) is 77.9 Å². The van der Waals surface area contributed by atoms with Crippen molar-refractivity contribution in [3.05, 3.63) is 58.7 Å². The van der Waals surface area contributed by atoms with Gasteiger partial charge in [-0.2, -0.15) is 0 Å². The number of ketones is 2. The Labute approximate surface area is 179 Å². The molecule has 4 nitrogen and oxygen atoms in total. The maximum Gasteiger partial charge on any atom is 0.193 e. The first-order chi connectivity index (χ1) is 13.6. The van der Waals surface area contributed by atoms with Gasteiger partial charge in [0.15, 0.2) is 11.6 Å². The maximum absolute atomic E-state index is 12.7. The monoisotopic (exact) mass is 410 g/mol. The summed E-state index contributed by atoms with van der Waals surface area (Å²) in [6.07, 6.45) is 5.72. The second-order valence-corrected chi connectivity index (χ2v) is 10.8. The van der Waals surface area contributed by atoms with Crippen LogP contribution in [0.2, 0.25) is 0 Å². The van der Waals surface area contributed by atoms with Crippen molar-refractivity contribution in [1.29, 1.82) is 0 Å². The number of carbonyl (C=O) groups excluding carboxylic acids is 2. The molecule has 0 heterocycles. The quantitative estimate of drug-likeness (QED) is 0.699. The molecule has 162 valence electrons. The molecule has 2 atom stereocenters. The lowest BCUT2D eigenvalue weighted by atomic mass is 9.73. The van der Waals surface area contributed by atoms with Crippen LogP contribution in [0.5, 0.6) is 0 Å². The zero-order chi connectivity index (χ0) is 22.7. The normalized spacial score (nSPS) is 26.0. The molecule has 4 heteroatoms. The van der Waals surface area contributed by atoms with Crippen LogP contribution in [-0.4, -0.2) is 33.0 Å². The predicted octanol–water partition coefficient (Wildman–Crippen LogP) is 4.54. The van der Waals surface area contributed by atoms with Gasteiger partial charge in [0.1, 0.15) is 11.2 Å². The molecule has 0 amide bonds. The van der Waals surface area contributed by atoms with Gasteiger partial charge in [0.2, 0.25) is 0 Å². The van der Waals surface area contributed by atoms with E-state index < -0.39 is 11.2 Å². The van der Waals surface area contributed by atoms with Crippen LogP contribution in [0.25, 0.3) is 0 Å². The Kier molecular flexibility index (Phi) is 5.28. The standard InChI is InChI=1S/C26H34O4/c1-23(2)15-26(7,18-11-8-16(9-12-18)21(27)24(3,4)29)20-14-17(10-13-19(20)23)22(28)25(5,6)30/h8-9,11-14,17,29-30H,10,15H2,1-7H3. The molecular formula is C26H34O4. The lowest BCUT2D eigenvalue weighted by Crippen LogP contribution is -2.37. The third-order valence-corrected chi connectivity index (χ3v) is 6.63. The van der Waals surface area contributed by atoms with Gasteiger partial charge in [0, 0.05) is 16.9 Å². The number of allylic oxidation sites excluding steroid dienone is 4. The van der Waals surface area contributed by atoms with Gasteiger partial charge in [-0.15, -0.1) is 0 Å². The Hall–Kier alpha value is -2.04. The highest BCUT2D eigenvalue weighted by Gasteiger charge is 2.50. The third-order valence-electron chi connectivity index (χ3n) is 6.63. The summed E-state index contributed by atoms with van der Waals surface area (Å²) in [6, 6.07) is 7.47. The van der Waals surface area contributed by atoms with E-state index in [1.807, 2.05) is 12.1 Å². The number of carbonyl (C=O) groups is 2. The summed E-state index contributed by atoms with van der Waals surface area (Å²) in [5.74, 6) is -0.809. The molecule has 1 saturated carbocycles. The molecule has 0 aromatic heterocycles. The number of Topliss-reactive ketones (excluding diaryl/α,β-unsaturated/α-hetero) is 2. The van der Waals surface area contributed by atoms with Crippen molar-refractivity contribution in [3.63, 3.8) is 0 Å². The first-order valence-corrected chi connectivity index (χ1v) is 10.6. The van der Waals surface area contributed by atoms with E-state index >= 15 is 0 Å². The van der Waals surface area contributed by atoms with Crippen molar-refractivity contribution < 1.29 is 19.8 Å². The van der Waals surface area contributed by atoms with E-state index in [-0.39, 0.29) is 28.3 Å². The van der Waals surface area contributed by atoms with Crippen LogP contribution in [0.4, 0.5) is 0 Å². The van der Waals surface area contributed by atoms with E-state index in [1.54, 1.807) is 26.0 Å². The molecule has 1 aromatic rings. The van der Waals surface area contributed by atoms with Gasteiger partial charge in [0.25, 0.3) is 0 Å². The van der Waals surface area contributed by atoms with Gasteiger partial charge in [-0.3, -0.25) is 9.59 Å². The van der Waals surface area contributed by atoms with Crippen molar-refractivity contribution in [1.82, 2.24) is 0 Å². The largest absolute Gasteiger partial charge is 0.383 e. The molecule has 0 spiro atoms. The van der Waals surface area contributed by atoms with Crippen LogP contribution in [0, 0.1) is 11.3 Å². The van der Waals surface area contributed by atoms with Gasteiger partial charge in [-0.05, 0) is 62.7 Å². The van der Waals surface area contributed by atoms with Gasteiger partial charge >= 0.3 is 0 Å². The summed E-state index contributed by atoms with van der Waals surface area (Å²) in [7, 11) is 0. The number of hydrogen-bond donors (Lipinski definition) is 2. The van der Waals surface area contributed by atoms with E-state index in [2.05, 4.69) is 32.9 Å². The lowest BCUT2D eigenvalue weighted by molar-refractivity contribution is -0.136. The average molecular weight is 411 g/mol. The summed E-state index contributed by atoms with van der Waals surface area (Å²) in [5.41, 5.74) is 0.854. The van der Waals surface area contributed by atoms with Gasteiger partial charge < -0.3 is 10.2 Å². The van der Waals surface area contributed by atoms with Crippen molar-refractivity contribution >= 4 is 11.6 Å². The smallest absolute Gasteiger partial charge is 0.193 e. The predicted molar refractivity (Wildman–Crippen MR) is 118 cm³/mol. The number of fused-ring (bicyclic) bond motifs is 1. The van der Waals surface area contributed by atoms with Crippen molar-refractivity contribution in [2.24, 2.45) is 11.3 Å². The number of benzene rings is 1. The van der Waals surface area contributed by atoms with E-state index in [0.717, 1.165) is 17.6 Å². The first-order valence-electron chi connectivity index (χ1n) is 10.6. The van der Waals surface area contributed by atoms with Crippen molar-refractivity contribution in [3.8, 4) is 0 Å². The third kappa shape index (κ3) is 3.83. The number of rotatable bonds is 5. The van der Waals surface area contributed by atoms with Crippen LogP contribution >= 0.6 is 0 Å². The number of hydrogen-bond acceptors (Lipinski definition) is 4. The molecule has 0 saturated heterocycles. The van der Waals surface area contributed by atoms with Gasteiger partial charge in [-0.25, -0.2) is 0 Å². The van der Waals surface area contributed by atoms with Gasteiger partial charge in [0.05, 0.1) is 0 Å². The summed E-state index contributed by atoms with van der Waals surface area (Å²) in [5, 5.41) is 20.2. The minimum atomic E-state index is -1.41. The topological polar surface area (TPSA) is 74.6 Å². The Balaban J connectivity index is 2.03. The molecule has 0 aliphatic heterocycles. The molecule has 30 heavy (non-hydrogen) atoms. The van der Waals surface area contributed by atoms with Crippen LogP contribution in [0.1, 0.15) is 77.2 Å². The summed E-state index contributed by atoms with van der Waals surface area (Å²) in [4.78, 5) is 25.1. The lowest BCUT2D eigenvalue weighted by Gasteiger charge is -2.31. The van der Waals surface area contributed by atoms with Gasteiger partial charge in [-0.1, -0.05) is 57.2 Å². The zero-order valence-electron chi connectivity index (χ0n) is 19.2.